The van der Waals surface area contributed by atoms with Gasteiger partial charge in [0.1, 0.15) is 0 Å². The molecule has 1 atom stereocenters. The highest BCUT2D eigenvalue weighted by Crippen LogP contribution is 2.26. The van der Waals surface area contributed by atoms with E-state index in [1.165, 1.54) is 0 Å². The second-order valence-electron chi connectivity index (χ2n) is 5.14. The summed E-state index contributed by atoms with van der Waals surface area (Å²) < 4.78 is 2.72. The fraction of sp³-hybridized carbons (Fsp3) is 0.462. The molecule has 0 fully saturated rings. The number of tetrazole rings is 1. The molecule has 1 unspecified atom stereocenters. The van der Waals surface area contributed by atoms with Crippen LogP contribution in [0.4, 0.5) is 5.69 Å². The van der Waals surface area contributed by atoms with E-state index in [4.69, 9.17) is 5.73 Å². The number of nitrogens with zero attached hydrogens (tertiary/aromatic N) is 4. The van der Waals surface area contributed by atoms with Crippen LogP contribution in [-0.2, 0) is 6.54 Å². The third kappa shape index (κ3) is 3.12. The molecule has 0 radical (unpaired) electrons. The Kier molecular flexibility index (Phi) is 4.19. The Bertz CT molecular complexity index is 564. The van der Waals surface area contributed by atoms with Crippen molar-refractivity contribution in [3.63, 3.8) is 0 Å². The first-order valence-corrected chi connectivity index (χ1v) is 7.10. The van der Waals surface area contributed by atoms with Crippen molar-refractivity contribution in [2.24, 2.45) is 11.8 Å². The number of halogens is 1. The predicted octanol–water partition coefficient (Wildman–Crippen LogP) is 2.98. The molecule has 1 aromatic heterocycles. The number of hydrogen-bond acceptors (Lipinski definition) is 4. The van der Waals surface area contributed by atoms with Crippen molar-refractivity contribution in [2.45, 2.75) is 27.3 Å². The number of nitrogen functional groups attached to an aromatic ring is 1. The minimum atomic E-state index is 0.509. The number of nitrogens with two attached hydrogens (primary N) is 1. The molecule has 19 heavy (non-hydrogen) atoms. The van der Waals surface area contributed by atoms with Gasteiger partial charge in [-0.15, -0.1) is 5.10 Å². The fourth-order valence-electron chi connectivity index (χ4n) is 1.70. The zero-order valence-electron chi connectivity index (χ0n) is 11.3. The number of anilines is 1. The molecule has 0 saturated heterocycles. The summed E-state index contributed by atoms with van der Waals surface area (Å²) >= 11 is 3.39. The summed E-state index contributed by atoms with van der Waals surface area (Å²) in [5, 5.41) is 11.9. The van der Waals surface area contributed by atoms with Gasteiger partial charge in [-0.3, -0.25) is 0 Å². The van der Waals surface area contributed by atoms with E-state index in [1.807, 2.05) is 22.9 Å². The van der Waals surface area contributed by atoms with Crippen molar-refractivity contribution in [3.8, 4) is 11.4 Å². The van der Waals surface area contributed by atoms with E-state index in [0.29, 0.717) is 17.5 Å². The summed E-state index contributed by atoms with van der Waals surface area (Å²) in [6, 6.07) is 5.75. The van der Waals surface area contributed by atoms with Crippen molar-refractivity contribution < 1.29 is 0 Å². The third-order valence-corrected chi connectivity index (χ3v) is 4.11. The van der Waals surface area contributed by atoms with Crippen molar-refractivity contribution in [3.05, 3.63) is 22.7 Å². The van der Waals surface area contributed by atoms with E-state index in [1.54, 1.807) is 0 Å². The predicted molar refractivity (Wildman–Crippen MR) is 79.4 cm³/mol. The Morgan fingerprint density at radius 3 is 2.68 bits per heavy atom. The highest BCUT2D eigenvalue weighted by molar-refractivity contribution is 9.10. The van der Waals surface area contributed by atoms with E-state index in [9.17, 15) is 0 Å². The molecule has 0 bridgehead atoms. The molecular weight excluding hydrogens is 306 g/mol. The van der Waals surface area contributed by atoms with E-state index in [0.717, 1.165) is 22.4 Å². The molecule has 0 saturated carbocycles. The molecule has 5 nitrogen and oxygen atoms in total. The molecule has 2 rings (SSSR count). The van der Waals surface area contributed by atoms with Gasteiger partial charge in [-0.2, -0.15) is 0 Å². The molecular formula is C13H18BrN5. The van der Waals surface area contributed by atoms with Crippen LogP contribution in [0.3, 0.4) is 0 Å². The van der Waals surface area contributed by atoms with E-state index < -0.39 is 0 Å². The van der Waals surface area contributed by atoms with Gasteiger partial charge in [0.25, 0.3) is 0 Å². The third-order valence-electron chi connectivity index (χ3n) is 3.39. The second-order valence-corrected chi connectivity index (χ2v) is 6.00. The molecule has 2 aromatic rings. The average molecular weight is 324 g/mol. The van der Waals surface area contributed by atoms with Crippen LogP contribution in [0, 0.1) is 11.8 Å². The Morgan fingerprint density at radius 1 is 1.32 bits per heavy atom. The molecule has 6 heteroatoms. The summed E-state index contributed by atoms with van der Waals surface area (Å²) in [5.74, 6) is 1.86. The SMILES string of the molecule is CC(C)C(C)Cn1nnnc1-c1ccc(Br)c(N)c1. The van der Waals surface area contributed by atoms with Crippen LogP contribution < -0.4 is 5.73 Å². The second kappa shape index (κ2) is 5.69. The van der Waals surface area contributed by atoms with Crippen LogP contribution in [0.25, 0.3) is 11.4 Å². The Morgan fingerprint density at radius 2 is 2.05 bits per heavy atom. The largest absolute Gasteiger partial charge is 0.398 e. The summed E-state index contributed by atoms with van der Waals surface area (Å²) in [5.41, 5.74) is 7.52. The summed E-state index contributed by atoms with van der Waals surface area (Å²) in [7, 11) is 0. The van der Waals surface area contributed by atoms with Gasteiger partial charge in [-0.1, -0.05) is 20.8 Å². The minimum absolute atomic E-state index is 0.509. The van der Waals surface area contributed by atoms with E-state index in [2.05, 4.69) is 52.2 Å². The van der Waals surface area contributed by atoms with Crippen LogP contribution in [-0.4, -0.2) is 20.2 Å². The fourth-order valence-corrected chi connectivity index (χ4v) is 1.95. The lowest BCUT2D eigenvalue weighted by Crippen LogP contribution is -2.15. The normalized spacial score (nSPS) is 12.9. The van der Waals surface area contributed by atoms with Crippen LogP contribution in [0.15, 0.2) is 22.7 Å². The summed E-state index contributed by atoms with van der Waals surface area (Å²) in [4.78, 5) is 0. The monoisotopic (exact) mass is 323 g/mol. The lowest BCUT2D eigenvalue weighted by atomic mass is 9.98. The van der Waals surface area contributed by atoms with Gasteiger partial charge in [0, 0.05) is 22.3 Å². The maximum atomic E-state index is 5.90. The standard InChI is InChI=1S/C13H18BrN5/c1-8(2)9(3)7-19-13(16-17-18-19)10-4-5-11(14)12(15)6-10/h4-6,8-9H,7,15H2,1-3H3. The lowest BCUT2D eigenvalue weighted by Gasteiger charge is -2.15. The molecule has 0 aliphatic heterocycles. The van der Waals surface area contributed by atoms with Crippen LogP contribution >= 0.6 is 15.9 Å². The molecule has 1 heterocycles. The highest BCUT2D eigenvalue weighted by Gasteiger charge is 2.14. The molecule has 0 spiro atoms. The number of aromatic nitrogens is 4. The first-order chi connectivity index (χ1) is 8.99. The van der Waals surface area contributed by atoms with Crippen molar-refractivity contribution in [2.75, 3.05) is 5.73 Å². The van der Waals surface area contributed by atoms with Gasteiger partial charge in [0.2, 0.25) is 0 Å². The Hall–Kier alpha value is -1.43. The molecule has 1 aromatic carbocycles. The Balaban J connectivity index is 2.30. The zero-order chi connectivity index (χ0) is 14.0. The minimum Gasteiger partial charge on any atom is -0.398 e. The summed E-state index contributed by atoms with van der Waals surface area (Å²) in [6.45, 7) is 7.40. The maximum Gasteiger partial charge on any atom is 0.182 e. The van der Waals surface area contributed by atoms with Crippen LogP contribution in [0.5, 0.6) is 0 Å². The topological polar surface area (TPSA) is 69.6 Å². The molecule has 102 valence electrons. The van der Waals surface area contributed by atoms with Crippen molar-refractivity contribution in [1.29, 1.82) is 0 Å². The number of rotatable bonds is 4. The lowest BCUT2D eigenvalue weighted by molar-refractivity contribution is 0.347. The summed E-state index contributed by atoms with van der Waals surface area (Å²) in [6.07, 6.45) is 0. The quantitative estimate of drug-likeness (QED) is 0.878. The first-order valence-electron chi connectivity index (χ1n) is 6.30. The van der Waals surface area contributed by atoms with Gasteiger partial charge < -0.3 is 5.73 Å². The Labute approximate surface area is 121 Å². The number of hydrogen-bond donors (Lipinski definition) is 1. The van der Waals surface area contributed by atoms with Crippen molar-refractivity contribution in [1.82, 2.24) is 20.2 Å². The molecule has 0 aliphatic carbocycles. The van der Waals surface area contributed by atoms with Crippen LogP contribution in [0.2, 0.25) is 0 Å². The zero-order valence-corrected chi connectivity index (χ0v) is 12.9. The van der Waals surface area contributed by atoms with Crippen molar-refractivity contribution >= 4 is 21.6 Å². The van der Waals surface area contributed by atoms with Gasteiger partial charge in [0.15, 0.2) is 5.82 Å². The van der Waals surface area contributed by atoms with E-state index in [-0.39, 0.29) is 0 Å². The highest BCUT2D eigenvalue weighted by atomic mass is 79.9. The van der Waals surface area contributed by atoms with Gasteiger partial charge >= 0.3 is 0 Å². The first kappa shape index (κ1) is 14.0. The average Bonchev–Trinajstić information content (AvgIpc) is 2.80. The van der Waals surface area contributed by atoms with Gasteiger partial charge in [-0.25, -0.2) is 4.68 Å². The smallest absolute Gasteiger partial charge is 0.182 e. The van der Waals surface area contributed by atoms with E-state index >= 15 is 0 Å². The molecule has 0 amide bonds. The van der Waals surface area contributed by atoms with Crippen LogP contribution in [0.1, 0.15) is 20.8 Å². The maximum absolute atomic E-state index is 5.90. The van der Waals surface area contributed by atoms with Gasteiger partial charge in [-0.05, 0) is 56.4 Å². The van der Waals surface area contributed by atoms with Gasteiger partial charge in [0.05, 0.1) is 0 Å². The molecule has 2 N–H and O–H groups in total. The number of benzene rings is 1. The molecule has 0 aliphatic rings.